The third-order valence-electron chi connectivity index (χ3n) is 4.88. The number of nitrogens with zero attached hydrogens (tertiary/aromatic N) is 3. The highest BCUT2D eigenvalue weighted by Gasteiger charge is 2.23. The minimum absolute atomic E-state index is 0.115. The van der Waals surface area contributed by atoms with Gasteiger partial charge in [0, 0.05) is 23.0 Å². The number of ketones is 1. The summed E-state index contributed by atoms with van der Waals surface area (Å²) in [6, 6.07) is 17.9. The maximum Gasteiger partial charge on any atom is 0.344 e. The summed E-state index contributed by atoms with van der Waals surface area (Å²) >= 11 is 0. The summed E-state index contributed by atoms with van der Waals surface area (Å²) in [4.78, 5) is 41.0. The summed E-state index contributed by atoms with van der Waals surface area (Å²) in [6.07, 6.45) is 1.89. The summed E-state index contributed by atoms with van der Waals surface area (Å²) in [5, 5.41) is 6.93. The molecule has 2 aromatic carbocycles. The van der Waals surface area contributed by atoms with Crippen LogP contribution in [0.3, 0.4) is 0 Å². The number of nitrogens with one attached hydrogen (secondary N) is 1. The van der Waals surface area contributed by atoms with Crippen molar-refractivity contribution in [2.45, 2.75) is 20.0 Å². The molecular formula is C24H20N4O4. The zero-order chi connectivity index (χ0) is 22.7. The number of benzene rings is 2. The summed E-state index contributed by atoms with van der Waals surface area (Å²) < 4.78 is 6.91. The highest BCUT2D eigenvalue weighted by Crippen LogP contribution is 2.21. The van der Waals surface area contributed by atoms with Gasteiger partial charge in [0.05, 0.1) is 11.9 Å². The molecule has 1 atom stereocenters. The molecule has 0 saturated heterocycles. The molecule has 2 aromatic heterocycles. The molecule has 32 heavy (non-hydrogen) atoms. The fraction of sp³-hybridized carbons (Fsp3) is 0.125. The molecule has 0 aliphatic carbocycles. The van der Waals surface area contributed by atoms with Crippen LogP contribution in [0.2, 0.25) is 0 Å². The Morgan fingerprint density at radius 3 is 2.56 bits per heavy atom. The zero-order valence-electron chi connectivity index (χ0n) is 17.5. The summed E-state index contributed by atoms with van der Waals surface area (Å²) in [6.45, 7) is 2.91. The number of carbonyl (C=O) groups is 3. The van der Waals surface area contributed by atoms with Gasteiger partial charge in [0.1, 0.15) is 5.56 Å². The molecule has 160 valence electrons. The first-order chi connectivity index (χ1) is 15.4. The van der Waals surface area contributed by atoms with Crippen LogP contribution in [0.4, 0.5) is 5.69 Å². The van der Waals surface area contributed by atoms with Crippen molar-refractivity contribution < 1.29 is 19.1 Å². The molecule has 1 unspecified atom stereocenters. The van der Waals surface area contributed by atoms with E-state index in [-0.39, 0.29) is 11.3 Å². The molecule has 8 nitrogen and oxygen atoms in total. The molecular weight excluding hydrogens is 408 g/mol. The second-order valence-electron chi connectivity index (χ2n) is 7.16. The largest absolute Gasteiger partial charge is 0.449 e. The number of hydrogen-bond acceptors (Lipinski definition) is 6. The van der Waals surface area contributed by atoms with Crippen LogP contribution >= 0.6 is 0 Å². The van der Waals surface area contributed by atoms with E-state index in [1.54, 1.807) is 41.0 Å². The number of rotatable bonds is 6. The Hall–Kier alpha value is -4.33. The van der Waals surface area contributed by atoms with Crippen molar-refractivity contribution >= 4 is 29.0 Å². The van der Waals surface area contributed by atoms with Gasteiger partial charge in [-0.15, -0.1) is 0 Å². The van der Waals surface area contributed by atoms with Gasteiger partial charge in [-0.05, 0) is 32.0 Å². The lowest BCUT2D eigenvalue weighted by molar-refractivity contribution is -0.123. The van der Waals surface area contributed by atoms with Gasteiger partial charge in [-0.25, -0.2) is 14.3 Å². The van der Waals surface area contributed by atoms with Crippen LogP contribution in [0.15, 0.2) is 73.1 Å². The van der Waals surface area contributed by atoms with Crippen molar-refractivity contribution in [2.75, 3.05) is 5.32 Å². The summed E-state index contributed by atoms with van der Waals surface area (Å²) in [7, 11) is 0. The average Bonchev–Trinajstić information content (AvgIpc) is 3.24. The molecule has 0 spiro atoms. The number of ether oxygens (including phenoxy) is 1. The molecule has 0 radical (unpaired) electrons. The molecule has 4 rings (SSSR count). The second-order valence-corrected chi connectivity index (χ2v) is 7.16. The minimum Gasteiger partial charge on any atom is -0.449 e. The Labute approximate surface area is 183 Å². The monoisotopic (exact) mass is 428 g/mol. The molecule has 0 aliphatic rings. The van der Waals surface area contributed by atoms with Crippen LogP contribution < -0.4 is 5.32 Å². The summed E-state index contributed by atoms with van der Waals surface area (Å²) in [5.74, 6) is -1.35. The van der Waals surface area contributed by atoms with Crippen molar-refractivity contribution in [3.63, 3.8) is 0 Å². The van der Waals surface area contributed by atoms with Crippen molar-refractivity contribution in [1.82, 2.24) is 14.6 Å². The lowest BCUT2D eigenvalue weighted by atomic mass is 10.1. The van der Waals surface area contributed by atoms with Crippen LogP contribution in [-0.4, -0.2) is 38.4 Å². The van der Waals surface area contributed by atoms with Crippen molar-refractivity contribution in [3.8, 4) is 11.3 Å². The van der Waals surface area contributed by atoms with Crippen LogP contribution in [-0.2, 0) is 9.53 Å². The zero-order valence-corrected chi connectivity index (χ0v) is 17.5. The van der Waals surface area contributed by atoms with Crippen LogP contribution in [0, 0.1) is 0 Å². The highest BCUT2D eigenvalue weighted by molar-refractivity contribution is 6.01. The minimum atomic E-state index is -1.07. The van der Waals surface area contributed by atoms with E-state index in [0.717, 1.165) is 11.3 Å². The van der Waals surface area contributed by atoms with E-state index in [9.17, 15) is 14.4 Å². The first-order valence-electron chi connectivity index (χ1n) is 9.95. The fourth-order valence-electron chi connectivity index (χ4n) is 3.20. The maximum atomic E-state index is 12.7. The van der Waals surface area contributed by atoms with Crippen molar-refractivity contribution in [1.29, 1.82) is 0 Å². The van der Waals surface area contributed by atoms with Gasteiger partial charge < -0.3 is 10.1 Å². The fourth-order valence-corrected chi connectivity index (χ4v) is 3.20. The Kier molecular flexibility index (Phi) is 5.76. The van der Waals surface area contributed by atoms with Gasteiger partial charge in [-0.2, -0.15) is 5.10 Å². The number of Topliss-reactive ketones (excluding diaryl/α,β-unsaturated/α-hetero) is 1. The van der Waals surface area contributed by atoms with Crippen LogP contribution in [0.25, 0.3) is 16.9 Å². The number of fused-ring (bicyclic) bond motifs is 1. The third-order valence-corrected chi connectivity index (χ3v) is 4.88. The van der Waals surface area contributed by atoms with E-state index in [4.69, 9.17) is 4.74 Å². The van der Waals surface area contributed by atoms with Gasteiger partial charge in [-0.3, -0.25) is 9.59 Å². The van der Waals surface area contributed by atoms with E-state index in [0.29, 0.717) is 16.9 Å². The van der Waals surface area contributed by atoms with Gasteiger partial charge in [0.25, 0.3) is 5.91 Å². The topological polar surface area (TPSA) is 103 Å². The van der Waals surface area contributed by atoms with Crippen LogP contribution in [0.5, 0.6) is 0 Å². The van der Waals surface area contributed by atoms with Crippen molar-refractivity contribution in [2.24, 2.45) is 0 Å². The highest BCUT2D eigenvalue weighted by atomic mass is 16.5. The first kappa shape index (κ1) is 20.9. The van der Waals surface area contributed by atoms with Gasteiger partial charge in [-0.1, -0.05) is 42.5 Å². The van der Waals surface area contributed by atoms with Gasteiger partial charge in [0.2, 0.25) is 0 Å². The van der Waals surface area contributed by atoms with Gasteiger partial charge in [0.15, 0.2) is 17.5 Å². The number of carbonyl (C=O) groups excluding carboxylic acids is 3. The number of hydrogen-bond donors (Lipinski definition) is 1. The summed E-state index contributed by atoms with van der Waals surface area (Å²) in [5.41, 5.74) is 3.09. The average molecular weight is 428 g/mol. The molecule has 0 saturated carbocycles. The molecule has 0 bridgehead atoms. The molecule has 1 N–H and O–H groups in total. The molecule has 0 fully saturated rings. The lowest BCUT2D eigenvalue weighted by Crippen LogP contribution is -2.30. The van der Waals surface area contributed by atoms with E-state index < -0.39 is 18.0 Å². The molecule has 4 aromatic rings. The first-order valence-corrected chi connectivity index (χ1v) is 9.95. The molecule has 2 heterocycles. The van der Waals surface area contributed by atoms with E-state index in [1.165, 1.54) is 20.0 Å². The van der Waals surface area contributed by atoms with Crippen LogP contribution in [0.1, 0.15) is 34.6 Å². The Morgan fingerprint density at radius 2 is 1.81 bits per heavy atom. The van der Waals surface area contributed by atoms with E-state index >= 15 is 0 Å². The quantitative estimate of drug-likeness (QED) is 0.370. The maximum absolute atomic E-state index is 12.7. The Morgan fingerprint density at radius 1 is 1.03 bits per heavy atom. The molecule has 1 amide bonds. The second kappa shape index (κ2) is 8.81. The SMILES string of the molecule is CC(=O)c1cccc(NC(=O)C(C)OC(=O)c2cnn3c(-c4ccccc4)ccnc23)c1. The van der Waals surface area contributed by atoms with E-state index in [1.807, 2.05) is 30.3 Å². The number of anilines is 1. The smallest absolute Gasteiger partial charge is 0.344 e. The Bertz CT molecular complexity index is 1310. The lowest BCUT2D eigenvalue weighted by Gasteiger charge is -2.13. The Balaban J connectivity index is 1.51. The number of esters is 1. The number of amides is 1. The van der Waals surface area contributed by atoms with E-state index in [2.05, 4.69) is 15.4 Å². The predicted molar refractivity (Wildman–Crippen MR) is 118 cm³/mol. The van der Waals surface area contributed by atoms with Crippen molar-refractivity contribution in [3.05, 3.63) is 84.2 Å². The number of aromatic nitrogens is 3. The normalized spacial score (nSPS) is 11.7. The van der Waals surface area contributed by atoms with Gasteiger partial charge >= 0.3 is 5.97 Å². The molecule has 8 heteroatoms. The predicted octanol–water partition coefficient (Wildman–Crippen LogP) is 3.78. The molecule has 0 aliphatic heterocycles. The standard InChI is InChI=1S/C24H20N4O4/c1-15(29)18-9-6-10-19(13-18)27-23(30)16(2)32-24(31)20-14-26-28-21(11-12-25-22(20)28)17-7-4-3-5-8-17/h3-14,16H,1-2H3,(H,27,30). The third kappa shape index (κ3) is 4.24.